The molecule has 0 spiro atoms. The summed E-state index contributed by atoms with van der Waals surface area (Å²) < 4.78 is 0. The molecule has 0 unspecified atom stereocenters. The Balaban J connectivity index is 2.40. The van der Waals surface area contributed by atoms with Crippen LogP contribution in [-0.4, -0.2) is 48.7 Å². The van der Waals surface area contributed by atoms with Gasteiger partial charge in [0.15, 0.2) is 0 Å². The van der Waals surface area contributed by atoms with Crippen molar-refractivity contribution in [2.75, 3.05) is 32.7 Å². The summed E-state index contributed by atoms with van der Waals surface area (Å²) in [4.78, 5) is 4.80. The molecule has 0 atom stereocenters. The Labute approximate surface area is 80.5 Å². The first-order valence-corrected chi connectivity index (χ1v) is 4.92. The van der Waals surface area contributed by atoms with E-state index in [0.29, 0.717) is 0 Å². The fourth-order valence-electron chi connectivity index (χ4n) is 1.64. The Morgan fingerprint density at radius 3 is 2.38 bits per heavy atom. The van der Waals surface area contributed by atoms with Gasteiger partial charge in [-0.25, -0.2) is 0 Å². The zero-order valence-corrected chi connectivity index (χ0v) is 8.58. The molecule has 3 heteroatoms. The number of hydrogen-bond donors (Lipinski definition) is 1. The number of rotatable bonds is 3. The molecule has 0 aliphatic carbocycles. The molecule has 0 saturated carbocycles. The number of likely N-dealkylation sites (N-methyl/N-ethyl adjacent to an activating group) is 1. The highest BCUT2D eigenvalue weighted by atomic mass is 15.3. The molecule has 0 radical (unpaired) electrons. The van der Waals surface area contributed by atoms with Crippen LogP contribution in [-0.2, 0) is 0 Å². The van der Waals surface area contributed by atoms with Crippen molar-refractivity contribution in [2.45, 2.75) is 13.8 Å². The van der Waals surface area contributed by atoms with Gasteiger partial charge in [0.05, 0.1) is 0 Å². The smallest absolute Gasteiger partial charge is 0.0303 e. The van der Waals surface area contributed by atoms with E-state index in [4.69, 9.17) is 5.41 Å². The third kappa shape index (κ3) is 2.84. The predicted octanol–water partition coefficient (Wildman–Crippen LogP) is 1.18. The summed E-state index contributed by atoms with van der Waals surface area (Å²) in [6.07, 6.45) is 3.23. The Bertz CT molecular complexity index is 190. The normalized spacial score (nSPS) is 20.5. The predicted molar refractivity (Wildman–Crippen MR) is 56.2 cm³/mol. The third-order valence-electron chi connectivity index (χ3n) is 2.64. The average Bonchev–Trinajstić information content (AvgIpc) is 2.18. The second-order valence-corrected chi connectivity index (χ2v) is 3.40. The summed E-state index contributed by atoms with van der Waals surface area (Å²) in [6.45, 7) is 9.94. The zero-order valence-electron chi connectivity index (χ0n) is 8.58. The summed E-state index contributed by atoms with van der Waals surface area (Å²) in [5, 5.41) is 6.99. The highest BCUT2D eigenvalue weighted by molar-refractivity contribution is 5.68. The van der Waals surface area contributed by atoms with Crippen molar-refractivity contribution in [3.8, 4) is 0 Å². The van der Waals surface area contributed by atoms with Gasteiger partial charge in [0.1, 0.15) is 0 Å². The van der Waals surface area contributed by atoms with Crippen LogP contribution in [0.3, 0.4) is 0 Å². The van der Waals surface area contributed by atoms with Crippen LogP contribution in [0.15, 0.2) is 11.8 Å². The number of hydrogen-bond acceptors (Lipinski definition) is 3. The van der Waals surface area contributed by atoms with E-state index in [1.54, 1.807) is 0 Å². The molecule has 1 rings (SSSR count). The largest absolute Gasteiger partial charge is 0.372 e. The molecule has 0 aromatic carbocycles. The maximum Gasteiger partial charge on any atom is 0.0303 e. The van der Waals surface area contributed by atoms with Gasteiger partial charge in [0.25, 0.3) is 0 Å². The van der Waals surface area contributed by atoms with Crippen molar-refractivity contribution in [3.63, 3.8) is 0 Å². The molecule has 1 N–H and O–H groups in total. The number of piperazine rings is 1. The minimum absolute atomic E-state index is 1.10. The van der Waals surface area contributed by atoms with Crippen molar-refractivity contribution in [1.82, 2.24) is 9.80 Å². The molecule has 0 aromatic heterocycles. The van der Waals surface area contributed by atoms with Crippen LogP contribution in [0.5, 0.6) is 0 Å². The summed E-state index contributed by atoms with van der Waals surface area (Å²) >= 11 is 0. The topological polar surface area (TPSA) is 30.3 Å². The molecule has 1 aliphatic heterocycles. The lowest BCUT2D eigenvalue weighted by molar-refractivity contribution is 0.165. The molecule has 1 saturated heterocycles. The molecule has 1 aliphatic rings. The summed E-state index contributed by atoms with van der Waals surface area (Å²) in [6, 6.07) is 0. The van der Waals surface area contributed by atoms with Crippen molar-refractivity contribution in [1.29, 1.82) is 5.41 Å². The summed E-state index contributed by atoms with van der Waals surface area (Å²) in [5.74, 6) is 0. The first-order valence-electron chi connectivity index (χ1n) is 4.92. The van der Waals surface area contributed by atoms with Gasteiger partial charge in [0.2, 0.25) is 0 Å². The van der Waals surface area contributed by atoms with E-state index in [0.717, 1.165) is 32.7 Å². The van der Waals surface area contributed by atoms with Crippen molar-refractivity contribution in [3.05, 3.63) is 11.8 Å². The van der Waals surface area contributed by atoms with Crippen molar-refractivity contribution in [2.24, 2.45) is 0 Å². The van der Waals surface area contributed by atoms with Crippen molar-refractivity contribution >= 4 is 6.21 Å². The lowest BCUT2D eigenvalue weighted by Gasteiger charge is -2.35. The van der Waals surface area contributed by atoms with Crippen LogP contribution in [0.25, 0.3) is 0 Å². The Morgan fingerprint density at radius 2 is 1.92 bits per heavy atom. The minimum Gasteiger partial charge on any atom is -0.372 e. The standard InChI is InChI=1S/C10H19N3/c1-3-12-6-8-13(9-7-12)10(2)4-5-11/h4-5,11H,3,6-9H2,1-2H3. The van der Waals surface area contributed by atoms with E-state index in [1.807, 2.05) is 6.08 Å². The van der Waals surface area contributed by atoms with E-state index in [2.05, 4.69) is 23.6 Å². The van der Waals surface area contributed by atoms with Crippen LogP contribution < -0.4 is 0 Å². The van der Waals surface area contributed by atoms with Gasteiger partial charge in [-0.3, -0.25) is 0 Å². The molecule has 13 heavy (non-hydrogen) atoms. The SMILES string of the molecule is CCN1CCN(C(C)=CC=N)CC1. The third-order valence-corrected chi connectivity index (χ3v) is 2.64. The fraction of sp³-hybridized carbons (Fsp3) is 0.700. The molecule has 0 bridgehead atoms. The van der Waals surface area contributed by atoms with Gasteiger partial charge in [-0.15, -0.1) is 0 Å². The Morgan fingerprint density at radius 1 is 1.31 bits per heavy atom. The molecule has 1 fully saturated rings. The summed E-state index contributed by atoms with van der Waals surface area (Å²) in [5.41, 5.74) is 1.21. The maximum atomic E-state index is 6.99. The highest BCUT2D eigenvalue weighted by Gasteiger charge is 2.14. The monoisotopic (exact) mass is 181 g/mol. The number of allylic oxidation sites excluding steroid dienone is 2. The van der Waals surface area contributed by atoms with Gasteiger partial charge < -0.3 is 15.2 Å². The Kier molecular flexibility index (Phi) is 3.96. The minimum atomic E-state index is 1.10. The van der Waals surface area contributed by atoms with Gasteiger partial charge in [-0.05, 0) is 19.5 Å². The molecular weight excluding hydrogens is 162 g/mol. The summed E-state index contributed by atoms with van der Waals surface area (Å²) in [7, 11) is 0. The molecule has 74 valence electrons. The lowest BCUT2D eigenvalue weighted by atomic mass is 10.3. The molecule has 0 aromatic rings. The quantitative estimate of drug-likeness (QED) is 0.663. The van der Waals surface area contributed by atoms with Gasteiger partial charge in [-0.1, -0.05) is 6.92 Å². The van der Waals surface area contributed by atoms with Gasteiger partial charge >= 0.3 is 0 Å². The second kappa shape index (κ2) is 5.02. The van der Waals surface area contributed by atoms with E-state index in [-0.39, 0.29) is 0 Å². The molecular formula is C10H19N3. The van der Waals surface area contributed by atoms with E-state index >= 15 is 0 Å². The van der Waals surface area contributed by atoms with Crippen LogP contribution in [0.2, 0.25) is 0 Å². The van der Waals surface area contributed by atoms with Crippen LogP contribution >= 0.6 is 0 Å². The fourth-order valence-corrected chi connectivity index (χ4v) is 1.64. The number of nitrogens with zero attached hydrogens (tertiary/aromatic N) is 2. The van der Waals surface area contributed by atoms with E-state index < -0.39 is 0 Å². The van der Waals surface area contributed by atoms with Crippen LogP contribution in [0.1, 0.15) is 13.8 Å². The van der Waals surface area contributed by atoms with E-state index in [9.17, 15) is 0 Å². The Hall–Kier alpha value is -0.830. The molecule has 1 heterocycles. The van der Waals surface area contributed by atoms with Crippen LogP contribution in [0.4, 0.5) is 0 Å². The van der Waals surface area contributed by atoms with Crippen molar-refractivity contribution < 1.29 is 0 Å². The van der Waals surface area contributed by atoms with Gasteiger partial charge in [-0.2, -0.15) is 0 Å². The van der Waals surface area contributed by atoms with Gasteiger partial charge in [0, 0.05) is 38.1 Å². The average molecular weight is 181 g/mol. The first kappa shape index (κ1) is 10.3. The maximum absolute atomic E-state index is 6.99. The number of nitrogens with one attached hydrogen (secondary N) is 1. The molecule has 0 amide bonds. The highest BCUT2D eigenvalue weighted by Crippen LogP contribution is 2.07. The van der Waals surface area contributed by atoms with E-state index in [1.165, 1.54) is 11.9 Å². The molecule has 3 nitrogen and oxygen atoms in total. The zero-order chi connectivity index (χ0) is 9.68. The second-order valence-electron chi connectivity index (χ2n) is 3.40. The first-order chi connectivity index (χ1) is 6.27. The van der Waals surface area contributed by atoms with Crippen LogP contribution in [0, 0.1) is 5.41 Å². The lowest BCUT2D eigenvalue weighted by Crippen LogP contribution is -2.45.